The Hall–Kier alpha value is -0.680. The van der Waals surface area contributed by atoms with Gasteiger partial charge < -0.3 is 4.74 Å². The van der Waals surface area contributed by atoms with E-state index in [4.69, 9.17) is 4.74 Å². The lowest BCUT2D eigenvalue weighted by Crippen LogP contribution is -2.42. The second-order valence-corrected chi connectivity index (χ2v) is 7.09. The average molecular weight is 352 g/mol. The van der Waals surface area contributed by atoms with E-state index in [0.29, 0.717) is 0 Å². The van der Waals surface area contributed by atoms with Gasteiger partial charge in [-0.1, -0.05) is 30.3 Å². The van der Waals surface area contributed by atoms with E-state index in [9.17, 15) is 0 Å². The molecule has 0 aliphatic carbocycles. The molecule has 2 aromatic rings. The van der Waals surface area contributed by atoms with Crippen LogP contribution in [0.25, 0.3) is 0 Å². The Morgan fingerprint density at radius 3 is 2.75 bits per heavy atom. The van der Waals surface area contributed by atoms with Gasteiger partial charge >= 0.3 is 0 Å². The molecule has 2 atom stereocenters. The monoisotopic (exact) mass is 351 g/mol. The molecule has 3 rings (SSSR count). The summed E-state index contributed by atoms with van der Waals surface area (Å²) in [5.41, 5.74) is 1.27. The molecule has 20 heavy (non-hydrogen) atoms. The van der Waals surface area contributed by atoms with Crippen LogP contribution in [0.15, 0.2) is 46.3 Å². The van der Waals surface area contributed by atoms with Crippen molar-refractivity contribution in [3.8, 4) is 0 Å². The highest BCUT2D eigenvalue weighted by Gasteiger charge is 2.26. The van der Waals surface area contributed by atoms with Crippen LogP contribution in [0.3, 0.4) is 0 Å². The summed E-state index contributed by atoms with van der Waals surface area (Å²) >= 11 is 5.43. The number of rotatable bonds is 3. The number of ether oxygens (including phenoxy) is 1. The van der Waals surface area contributed by atoms with E-state index in [0.717, 1.165) is 19.6 Å². The second kappa shape index (κ2) is 6.39. The number of halogens is 1. The first-order valence-corrected chi connectivity index (χ1v) is 8.54. The first kappa shape index (κ1) is 14.3. The second-order valence-electron chi connectivity index (χ2n) is 5.23. The third kappa shape index (κ3) is 3.31. The van der Waals surface area contributed by atoms with Crippen LogP contribution in [-0.2, 0) is 11.3 Å². The van der Waals surface area contributed by atoms with Gasteiger partial charge in [0.15, 0.2) is 0 Å². The van der Waals surface area contributed by atoms with Crippen molar-refractivity contribution in [3.05, 3.63) is 56.7 Å². The van der Waals surface area contributed by atoms with Gasteiger partial charge in [-0.2, -0.15) is 0 Å². The fraction of sp³-hybridized carbons (Fsp3) is 0.375. The van der Waals surface area contributed by atoms with Crippen LogP contribution in [0.4, 0.5) is 0 Å². The minimum atomic E-state index is 0.179. The Morgan fingerprint density at radius 2 is 2.05 bits per heavy atom. The Morgan fingerprint density at radius 1 is 1.25 bits per heavy atom. The summed E-state index contributed by atoms with van der Waals surface area (Å²) in [7, 11) is 0. The minimum absolute atomic E-state index is 0.179. The first-order valence-electron chi connectivity index (χ1n) is 6.87. The molecule has 1 fully saturated rings. The molecular weight excluding hydrogens is 334 g/mol. The summed E-state index contributed by atoms with van der Waals surface area (Å²) in [5, 5.41) is 2.14. The van der Waals surface area contributed by atoms with E-state index in [2.05, 4.69) is 69.5 Å². The van der Waals surface area contributed by atoms with E-state index in [1.54, 1.807) is 0 Å². The van der Waals surface area contributed by atoms with Crippen molar-refractivity contribution < 1.29 is 4.74 Å². The van der Waals surface area contributed by atoms with Crippen LogP contribution in [0.1, 0.15) is 23.5 Å². The maximum absolute atomic E-state index is 6.10. The van der Waals surface area contributed by atoms with Crippen molar-refractivity contribution in [1.82, 2.24) is 4.90 Å². The molecule has 1 aromatic carbocycles. The van der Waals surface area contributed by atoms with E-state index in [1.165, 1.54) is 14.9 Å². The molecule has 1 aromatic heterocycles. The van der Waals surface area contributed by atoms with Crippen LogP contribution in [0.2, 0.25) is 0 Å². The molecule has 4 heteroatoms. The smallest absolute Gasteiger partial charge is 0.0956 e. The quantitative estimate of drug-likeness (QED) is 0.808. The maximum Gasteiger partial charge on any atom is 0.0956 e. The third-order valence-corrected chi connectivity index (χ3v) is 5.48. The van der Waals surface area contributed by atoms with Gasteiger partial charge in [0.25, 0.3) is 0 Å². The zero-order chi connectivity index (χ0) is 13.9. The number of hydrogen-bond donors (Lipinski definition) is 0. The third-order valence-electron chi connectivity index (χ3n) is 3.57. The summed E-state index contributed by atoms with van der Waals surface area (Å²) in [6.45, 7) is 5.10. The maximum atomic E-state index is 6.10. The molecule has 0 saturated carbocycles. The van der Waals surface area contributed by atoms with E-state index >= 15 is 0 Å². The molecule has 1 aliphatic heterocycles. The average Bonchev–Trinajstić information content (AvgIpc) is 2.85. The highest BCUT2D eigenvalue weighted by molar-refractivity contribution is 9.10. The largest absolute Gasteiger partial charge is 0.368 e. The molecule has 0 amide bonds. The molecule has 1 aliphatic rings. The predicted molar refractivity (Wildman–Crippen MR) is 87.0 cm³/mol. The van der Waals surface area contributed by atoms with Crippen molar-refractivity contribution in [2.75, 3.05) is 13.1 Å². The fourth-order valence-electron chi connectivity index (χ4n) is 2.66. The highest BCUT2D eigenvalue weighted by atomic mass is 79.9. The van der Waals surface area contributed by atoms with Gasteiger partial charge in [-0.15, -0.1) is 11.3 Å². The Labute approximate surface area is 132 Å². The van der Waals surface area contributed by atoms with Crippen LogP contribution < -0.4 is 0 Å². The van der Waals surface area contributed by atoms with Crippen LogP contribution >= 0.6 is 27.3 Å². The normalized spacial score (nSPS) is 23.9. The number of morpholine rings is 1. The van der Waals surface area contributed by atoms with Crippen molar-refractivity contribution in [2.45, 2.75) is 25.7 Å². The molecule has 2 unspecified atom stereocenters. The summed E-state index contributed by atoms with van der Waals surface area (Å²) < 4.78 is 7.32. The van der Waals surface area contributed by atoms with Crippen molar-refractivity contribution in [1.29, 1.82) is 0 Å². The Bertz CT molecular complexity index is 557. The van der Waals surface area contributed by atoms with Gasteiger partial charge in [-0.3, -0.25) is 4.90 Å². The van der Waals surface area contributed by atoms with Gasteiger partial charge in [0, 0.05) is 29.0 Å². The number of nitrogens with zero attached hydrogens (tertiary/aromatic N) is 1. The first-order chi connectivity index (χ1) is 9.72. The highest BCUT2D eigenvalue weighted by Crippen LogP contribution is 2.29. The van der Waals surface area contributed by atoms with E-state index in [-0.39, 0.29) is 12.2 Å². The van der Waals surface area contributed by atoms with Crippen molar-refractivity contribution >= 4 is 27.3 Å². The van der Waals surface area contributed by atoms with E-state index in [1.807, 2.05) is 11.3 Å². The zero-order valence-corrected chi connectivity index (χ0v) is 13.9. The molecule has 0 N–H and O–H groups in total. The minimum Gasteiger partial charge on any atom is -0.368 e. The molecule has 1 saturated heterocycles. The molecule has 106 valence electrons. The summed E-state index contributed by atoms with van der Waals surface area (Å²) in [4.78, 5) is 3.88. The lowest BCUT2D eigenvalue weighted by atomic mass is 10.1. The van der Waals surface area contributed by atoms with Gasteiger partial charge in [-0.05, 0) is 39.9 Å². The SMILES string of the molecule is CC1CN(Cc2sccc2Br)CC(c2ccccc2)O1. The number of thiophene rings is 1. The molecule has 2 heterocycles. The Balaban J connectivity index is 1.72. The van der Waals surface area contributed by atoms with Gasteiger partial charge in [0.1, 0.15) is 0 Å². The molecule has 0 spiro atoms. The fourth-order valence-corrected chi connectivity index (χ4v) is 4.18. The number of hydrogen-bond acceptors (Lipinski definition) is 3. The van der Waals surface area contributed by atoms with Crippen molar-refractivity contribution in [2.24, 2.45) is 0 Å². The standard InChI is InChI=1S/C16H18BrNOS/c1-12-9-18(11-16-14(17)7-8-20-16)10-15(19-12)13-5-3-2-4-6-13/h2-8,12,15H,9-11H2,1H3. The zero-order valence-electron chi connectivity index (χ0n) is 11.5. The summed E-state index contributed by atoms with van der Waals surface area (Å²) in [5.74, 6) is 0. The van der Waals surface area contributed by atoms with Crippen LogP contribution in [-0.4, -0.2) is 24.1 Å². The summed E-state index contributed by atoms with van der Waals surface area (Å²) in [6, 6.07) is 12.6. The van der Waals surface area contributed by atoms with Gasteiger partial charge in [0.2, 0.25) is 0 Å². The van der Waals surface area contributed by atoms with Crippen LogP contribution in [0.5, 0.6) is 0 Å². The van der Waals surface area contributed by atoms with Crippen LogP contribution in [0, 0.1) is 0 Å². The molecular formula is C16H18BrNOS. The molecule has 0 bridgehead atoms. The molecule has 0 radical (unpaired) electrons. The van der Waals surface area contributed by atoms with Gasteiger partial charge in [-0.25, -0.2) is 0 Å². The number of benzene rings is 1. The summed E-state index contributed by atoms with van der Waals surface area (Å²) in [6.07, 6.45) is 0.450. The Kier molecular flexibility index (Phi) is 4.56. The lowest BCUT2D eigenvalue weighted by molar-refractivity contribution is -0.0812. The van der Waals surface area contributed by atoms with Gasteiger partial charge in [0.05, 0.1) is 12.2 Å². The van der Waals surface area contributed by atoms with E-state index < -0.39 is 0 Å². The lowest BCUT2D eigenvalue weighted by Gasteiger charge is -2.37. The van der Waals surface area contributed by atoms with Crippen molar-refractivity contribution in [3.63, 3.8) is 0 Å². The molecule has 2 nitrogen and oxygen atoms in total. The predicted octanol–water partition coefficient (Wildman–Crippen LogP) is 4.47. The topological polar surface area (TPSA) is 12.5 Å².